The number of amides is 2. The minimum absolute atomic E-state index is 0.0894. The smallest absolute Gasteiger partial charge is 0.292 e. The predicted octanol–water partition coefficient (Wildman–Crippen LogP) is 1.59. The molecule has 0 aliphatic heterocycles. The molecule has 0 saturated heterocycles. The van der Waals surface area contributed by atoms with Crippen molar-refractivity contribution in [1.29, 1.82) is 0 Å². The van der Waals surface area contributed by atoms with Gasteiger partial charge in [0.15, 0.2) is 5.58 Å². The molecule has 0 unspecified atom stereocenters. The Balaban J connectivity index is 1.93. The van der Waals surface area contributed by atoms with E-state index in [2.05, 4.69) is 9.97 Å². The third kappa shape index (κ3) is 2.56. The second kappa shape index (κ2) is 5.81. The van der Waals surface area contributed by atoms with Gasteiger partial charge in [0.2, 0.25) is 5.91 Å². The Morgan fingerprint density at radius 1 is 1.07 bits per heavy atom. The number of oxazole rings is 1. The summed E-state index contributed by atoms with van der Waals surface area (Å²) in [7, 11) is 0. The fraction of sp³-hybridized carbons (Fsp3) is 0.158. The highest BCUT2D eigenvalue weighted by atomic mass is 16.4. The van der Waals surface area contributed by atoms with E-state index < -0.39 is 17.2 Å². The standard InChI is InChI=1S/C19H18N6O3/c1-19(2,17(21)27)15-14(16(20)26)25-8-10(4-6-13(25)24-15)9-3-5-12-11(7-9)23-18(22)28-12/h3-8H,1-2H3,(H2,20,26)(H2,21,27)(H2,22,23). The molecular weight excluding hydrogens is 360 g/mol. The lowest BCUT2D eigenvalue weighted by Crippen LogP contribution is -2.37. The molecule has 1 aromatic carbocycles. The van der Waals surface area contributed by atoms with Crippen molar-refractivity contribution in [2.75, 3.05) is 5.73 Å². The van der Waals surface area contributed by atoms with Gasteiger partial charge in [0.05, 0.1) is 11.1 Å². The van der Waals surface area contributed by atoms with Crippen LogP contribution < -0.4 is 17.2 Å². The van der Waals surface area contributed by atoms with Crippen LogP contribution >= 0.6 is 0 Å². The molecule has 9 nitrogen and oxygen atoms in total. The molecule has 6 N–H and O–H groups in total. The number of primary amides is 2. The molecule has 28 heavy (non-hydrogen) atoms. The van der Waals surface area contributed by atoms with Crippen LogP contribution in [0.25, 0.3) is 27.9 Å². The van der Waals surface area contributed by atoms with Crippen molar-refractivity contribution in [2.24, 2.45) is 11.5 Å². The highest BCUT2D eigenvalue weighted by molar-refractivity contribution is 5.97. The number of nitrogens with zero attached hydrogens (tertiary/aromatic N) is 3. The van der Waals surface area contributed by atoms with Crippen LogP contribution in [0.3, 0.4) is 0 Å². The van der Waals surface area contributed by atoms with Gasteiger partial charge in [-0.2, -0.15) is 4.98 Å². The first kappa shape index (κ1) is 17.5. The zero-order valence-electron chi connectivity index (χ0n) is 15.3. The highest BCUT2D eigenvalue weighted by Crippen LogP contribution is 2.30. The molecule has 2 amide bonds. The molecule has 0 bridgehead atoms. The number of benzene rings is 1. The molecule has 0 atom stereocenters. The van der Waals surface area contributed by atoms with Gasteiger partial charge in [0.1, 0.15) is 16.9 Å². The molecule has 0 spiro atoms. The van der Waals surface area contributed by atoms with Gasteiger partial charge in [-0.15, -0.1) is 0 Å². The summed E-state index contributed by atoms with van der Waals surface area (Å²) in [6, 6.07) is 9.12. The van der Waals surface area contributed by atoms with E-state index in [1.165, 1.54) is 0 Å². The van der Waals surface area contributed by atoms with E-state index in [0.717, 1.165) is 11.1 Å². The van der Waals surface area contributed by atoms with Crippen molar-refractivity contribution >= 4 is 34.6 Å². The lowest BCUT2D eigenvalue weighted by Gasteiger charge is -2.18. The van der Waals surface area contributed by atoms with Gasteiger partial charge in [-0.1, -0.05) is 6.07 Å². The fourth-order valence-electron chi connectivity index (χ4n) is 3.13. The number of imidazole rings is 1. The quantitative estimate of drug-likeness (QED) is 0.489. The van der Waals surface area contributed by atoms with Crippen molar-refractivity contribution in [3.63, 3.8) is 0 Å². The molecule has 0 radical (unpaired) electrons. The van der Waals surface area contributed by atoms with Crippen molar-refractivity contribution in [2.45, 2.75) is 19.3 Å². The Bertz CT molecular complexity index is 1270. The van der Waals surface area contributed by atoms with Crippen molar-refractivity contribution in [3.8, 4) is 11.1 Å². The number of pyridine rings is 1. The maximum Gasteiger partial charge on any atom is 0.292 e. The Hall–Kier alpha value is -3.88. The molecular formula is C19H18N6O3. The number of hydrogen-bond acceptors (Lipinski definition) is 6. The summed E-state index contributed by atoms with van der Waals surface area (Å²) in [5.41, 5.74) is 19.2. The highest BCUT2D eigenvalue weighted by Gasteiger charge is 2.35. The summed E-state index contributed by atoms with van der Waals surface area (Å²) in [4.78, 5) is 32.6. The van der Waals surface area contributed by atoms with Crippen molar-refractivity contribution in [1.82, 2.24) is 14.4 Å². The molecule has 0 saturated carbocycles. The van der Waals surface area contributed by atoms with E-state index in [4.69, 9.17) is 21.6 Å². The van der Waals surface area contributed by atoms with Gasteiger partial charge in [-0.3, -0.25) is 14.0 Å². The van der Waals surface area contributed by atoms with Crippen LogP contribution in [0.4, 0.5) is 6.01 Å². The van der Waals surface area contributed by atoms with Gasteiger partial charge >= 0.3 is 0 Å². The average Bonchev–Trinajstić information content (AvgIpc) is 3.19. The molecule has 4 rings (SSSR count). The summed E-state index contributed by atoms with van der Waals surface area (Å²) in [5.74, 6) is -1.30. The number of aromatic nitrogens is 3. The summed E-state index contributed by atoms with van der Waals surface area (Å²) < 4.78 is 6.86. The number of anilines is 1. The van der Waals surface area contributed by atoms with Crippen LogP contribution in [0.5, 0.6) is 0 Å². The number of rotatable bonds is 4. The second-order valence-corrected chi connectivity index (χ2v) is 7.04. The number of carbonyl (C=O) groups excluding carboxylic acids is 2. The van der Waals surface area contributed by atoms with E-state index in [1.54, 1.807) is 36.6 Å². The molecule has 4 aromatic rings. The zero-order chi connectivity index (χ0) is 20.2. The molecule has 142 valence electrons. The maximum atomic E-state index is 12.2. The van der Waals surface area contributed by atoms with Crippen LogP contribution in [0.15, 0.2) is 40.9 Å². The van der Waals surface area contributed by atoms with Crippen molar-refractivity contribution < 1.29 is 14.0 Å². The number of fused-ring (bicyclic) bond motifs is 2. The lowest BCUT2D eigenvalue weighted by atomic mass is 9.87. The minimum atomic E-state index is -1.16. The maximum absolute atomic E-state index is 12.2. The number of carbonyl (C=O) groups is 2. The Labute approximate surface area is 159 Å². The first-order chi connectivity index (χ1) is 13.2. The van der Waals surface area contributed by atoms with Crippen molar-refractivity contribution in [3.05, 3.63) is 47.9 Å². The molecule has 3 aromatic heterocycles. The average molecular weight is 378 g/mol. The van der Waals surface area contributed by atoms with E-state index in [-0.39, 0.29) is 17.4 Å². The summed E-state index contributed by atoms with van der Waals surface area (Å²) in [5, 5.41) is 0. The third-order valence-corrected chi connectivity index (χ3v) is 4.80. The van der Waals surface area contributed by atoms with Gasteiger partial charge in [-0.25, -0.2) is 4.98 Å². The van der Waals surface area contributed by atoms with Gasteiger partial charge < -0.3 is 21.6 Å². The van der Waals surface area contributed by atoms with Crippen LogP contribution in [0.2, 0.25) is 0 Å². The van der Waals surface area contributed by atoms with E-state index >= 15 is 0 Å². The summed E-state index contributed by atoms with van der Waals surface area (Å²) in [6.07, 6.45) is 1.73. The molecule has 0 fully saturated rings. The third-order valence-electron chi connectivity index (χ3n) is 4.80. The van der Waals surface area contributed by atoms with Gasteiger partial charge in [0.25, 0.3) is 11.9 Å². The molecule has 9 heteroatoms. The first-order valence-electron chi connectivity index (χ1n) is 8.47. The van der Waals surface area contributed by atoms with E-state index in [9.17, 15) is 9.59 Å². The van der Waals surface area contributed by atoms with Crippen LogP contribution in [-0.2, 0) is 10.2 Å². The number of hydrogen-bond donors (Lipinski definition) is 3. The Morgan fingerprint density at radius 3 is 2.46 bits per heavy atom. The molecule has 0 aliphatic rings. The predicted molar refractivity (Wildman–Crippen MR) is 103 cm³/mol. The largest absolute Gasteiger partial charge is 0.424 e. The fourth-order valence-corrected chi connectivity index (χ4v) is 3.13. The second-order valence-electron chi connectivity index (χ2n) is 7.04. The first-order valence-corrected chi connectivity index (χ1v) is 8.47. The molecule has 0 aliphatic carbocycles. The van der Waals surface area contributed by atoms with Crippen LogP contribution in [0.1, 0.15) is 30.0 Å². The van der Waals surface area contributed by atoms with E-state index in [1.807, 2.05) is 18.2 Å². The number of nitrogen functional groups attached to an aromatic ring is 1. The summed E-state index contributed by atoms with van der Waals surface area (Å²) in [6.45, 7) is 3.21. The van der Waals surface area contributed by atoms with Crippen LogP contribution in [0, 0.1) is 0 Å². The van der Waals surface area contributed by atoms with Gasteiger partial charge in [-0.05, 0) is 49.2 Å². The molecule has 3 heterocycles. The monoisotopic (exact) mass is 378 g/mol. The topological polar surface area (TPSA) is 156 Å². The SMILES string of the molecule is CC(C)(C(N)=O)c1nc2ccc(-c3ccc4oc(N)nc4c3)cn2c1C(N)=O. The normalized spacial score (nSPS) is 11.9. The lowest BCUT2D eigenvalue weighted by molar-refractivity contribution is -0.122. The van der Waals surface area contributed by atoms with Gasteiger partial charge in [0, 0.05) is 6.20 Å². The summed E-state index contributed by atoms with van der Waals surface area (Å²) >= 11 is 0. The van der Waals surface area contributed by atoms with Crippen LogP contribution in [-0.4, -0.2) is 26.2 Å². The number of nitrogens with two attached hydrogens (primary N) is 3. The van der Waals surface area contributed by atoms with E-state index in [0.29, 0.717) is 16.7 Å². The minimum Gasteiger partial charge on any atom is -0.424 e. The Morgan fingerprint density at radius 2 is 1.79 bits per heavy atom. The Kier molecular flexibility index (Phi) is 3.64. The zero-order valence-corrected chi connectivity index (χ0v) is 15.3.